The third kappa shape index (κ3) is 3.09. The number of carbonyl (C=O) groups is 1. The molecule has 0 bridgehead atoms. The van der Waals surface area contributed by atoms with Gasteiger partial charge in [0, 0.05) is 13.1 Å². The molecule has 1 aliphatic rings. The van der Waals surface area contributed by atoms with Crippen LogP contribution in [-0.4, -0.2) is 44.0 Å². The zero-order valence-corrected chi connectivity index (χ0v) is 13.1. The first-order chi connectivity index (χ1) is 9.87. The lowest BCUT2D eigenvalue weighted by molar-refractivity contribution is -0.136. The highest BCUT2D eigenvalue weighted by Crippen LogP contribution is 2.27. The van der Waals surface area contributed by atoms with Crippen LogP contribution in [0.3, 0.4) is 0 Å². The Morgan fingerprint density at radius 3 is 2.76 bits per heavy atom. The Hall–Kier alpha value is -1.45. The fraction of sp³-hybridized carbons (Fsp3) is 0.667. The van der Waals surface area contributed by atoms with Crippen molar-refractivity contribution in [1.82, 2.24) is 14.9 Å². The third-order valence-electron chi connectivity index (χ3n) is 3.52. The predicted molar refractivity (Wildman–Crippen MR) is 72.6 cm³/mol. The van der Waals surface area contributed by atoms with Crippen molar-refractivity contribution in [2.75, 3.05) is 20.2 Å². The van der Waals surface area contributed by atoms with E-state index < -0.39 is 15.9 Å². The fourth-order valence-electron chi connectivity index (χ4n) is 2.53. The number of aromatic nitrogens is 1. The van der Waals surface area contributed by atoms with Crippen molar-refractivity contribution in [3.63, 3.8) is 0 Å². The van der Waals surface area contributed by atoms with Gasteiger partial charge >= 0.3 is 0 Å². The largest absolute Gasteiger partial charge is 0.360 e. The number of piperidine rings is 1. The molecule has 2 heterocycles. The van der Waals surface area contributed by atoms with Crippen molar-refractivity contribution in [2.45, 2.75) is 31.6 Å². The van der Waals surface area contributed by atoms with E-state index >= 15 is 0 Å². The monoisotopic (exact) mass is 317 g/mol. The predicted octanol–water partition coefficient (Wildman–Crippen LogP) is 0.370. The number of nitrogens with one attached hydrogen (secondary N) is 1. The topological polar surface area (TPSA) is 102 Å². The number of rotatable bonds is 4. The summed E-state index contributed by atoms with van der Waals surface area (Å²) in [7, 11) is -2.36. The first-order valence-electron chi connectivity index (χ1n) is 6.63. The van der Waals surface area contributed by atoms with Crippen molar-refractivity contribution in [3.8, 4) is 0 Å². The number of hydrogen-bond acceptors (Lipinski definition) is 6. The van der Waals surface area contributed by atoms with Gasteiger partial charge in [0.2, 0.25) is 15.9 Å². The Bertz CT molecular complexity index is 605. The maximum atomic E-state index is 12.7. The number of sulfonamides is 1. The number of amides is 1. The Balaban J connectivity index is 2.23. The molecule has 0 radical (unpaired) electrons. The maximum Gasteiger partial charge on any atom is 0.248 e. The molecule has 21 heavy (non-hydrogen) atoms. The van der Waals surface area contributed by atoms with Gasteiger partial charge in [0.25, 0.3) is 0 Å². The van der Waals surface area contributed by atoms with Crippen molar-refractivity contribution in [3.05, 3.63) is 11.5 Å². The Morgan fingerprint density at radius 2 is 2.19 bits per heavy atom. The second kappa shape index (κ2) is 6.12. The highest BCUT2D eigenvalue weighted by molar-refractivity contribution is 7.89. The standard InChI is InChI=1S/C12H19N3O5S/c1-8-11(9(2)20-13-8)21(17,18)15-6-4-5-10(7-15)12(16)14-19-3/h10H,4-7H2,1-3H3,(H,14,16). The van der Waals surface area contributed by atoms with Crippen molar-refractivity contribution >= 4 is 15.9 Å². The Labute approximate surface area is 123 Å². The smallest absolute Gasteiger partial charge is 0.248 e. The van der Waals surface area contributed by atoms with Gasteiger partial charge in [0.15, 0.2) is 5.76 Å². The van der Waals surface area contributed by atoms with E-state index in [1.165, 1.54) is 11.4 Å². The molecule has 1 saturated heterocycles. The molecule has 0 aromatic carbocycles. The molecule has 2 rings (SSSR count). The minimum absolute atomic E-state index is 0.0929. The van der Waals surface area contributed by atoms with Crippen LogP contribution in [0.15, 0.2) is 9.42 Å². The number of hydroxylamine groups is 1. The van der Waals surface area contributed by atoms with Crippen molar-refractivity contribution in [2.24, 2.45) is 5.92 Å². The second-order valence-electron chi connectivity index (χ2n) is 5.03. The second-order valence-corrected chi connectivity index (χ2v) is 6.90. The van der Waals surface area contributed by atoms with Crippen LogP contribution in [0.25, 0.3) is 0 Å². The van der Waals surface area contributed by atoms with Gasteiger partial charge in [-0.3, -0.25) is 9.63 Å². The summed E-state index contributed by atoms with van der Waals surface area (Å²) < 4.78 is 31.6. The minimum Gasteiger partial charge on any atom is -0.360 e. The van der Waals surface area contributed by atoms with Gasteiger partial charge < -0.3 is 4.52 Å². The molecule has 0 saturated carbocycles. The van der Waals surface area contributed by atoms with Gasteiger partial charge in [0.05, 0.1) is 13.0 Å². The fourth-order valence-corrected chi connectivity index (χ4v) is 4.35. The van der Waals surface area contributed by atoms with Crippen LogP contribution in [-0.2, 0) is 19.7 Å². The molecule has 0 aliphatic carbocycles. The van der Waals surface area contributed by atoms with Crippen LogP contribution in [0.4, 0.5) is 0 Å². The van der Waals surface area contributed by atoms with E-state index in [4.69, 9.17) is 4.52 Å². The Kier molecular flexibility index (Phi) is 4.64. The molecule has 1 amide bonds. The lowest BCUT2D eigenvalue weighted by Gasteiger charge is -2.30. The summed E-state index contributed by atoms with van der Waals surface area (Å²) in [5, 5.41) is 3.68. The number of hydrogen-bond donors (Lipinski definition) is 1. The molecule has 1 atom stereocenters. The average Bonchev–Trinajstić information content (AvgIpc) is 2.79. The first kappa shape index (κ1) is 15.9. The lowest BCUT2D eigenvalue weighted by Crippen LogP contribution is -2.45. The van der Waals surface area contributed by atoms with Gasteiger partial charge in [-0.2, -0.15) is 4.31 Å². The molecule has 8 nitrogen and oxygen atoms in total. The van der Waals surface area contributed by atoms with Crippen LogP contribution >= 0.6 is 0 Å². The van der Waals surface area contributed by atoms with E-state index in [1.54, 1.807) is 13.8 Å². The van der Waals surface area contributed by atoms with Crippen LogP contribution in [0.5, 0.6) is 0 Å². The molecule has 1 aromatic rings. The number of nitrogens with zero attached hydrogens (tertiary/aromatic N) is 2. The summed E-state index contributed by atoms with van der Waals surface area (Å²) >= 11 is 0. The van der Waals surface area contributed by atoms with Crippen molar-refractivity contribution < 1.29 is 22.6 Å². The molecule has 1 aromatic heterocycles. The van der Waals surface area contributed by atoms with Crippen LogP contribution in [0.2, 0.25) is 0 Å². The van der Waals surface area contributed by atoms with E-state index in [1.807, 2.05) is 0 Å². The third-order valence-corrected chi connectivity index (χ3v) is 5.63. The zero-order valence-electron chi connectivity index (χ0n) is 12.2. The van der Waals surface area contributed by atoms with Gasteiger partial charge in [-0.1, -0.05) is 5.16 Å². The average molecular weight is 317 g/mol. The highest BCUT2D eigenvalue weighted by Gasteiger charge is 2.36. The molecule has 1 unspecified atom stereocenters. The van der Waals surface area contributed by atoms with Gasteiger partial charge in [-0.05, 0) is 26.7 Å². The molecule has 1 aliphatic heterocycles. The van der Waals surface area contributed by atoms with Crippen molar-refractivity contribution in [1.29, 1.82) is 0 Å². The Morgan fingerprint density at radius 1 is 1.48 bits per heavy atom. The molecule has 118 valence electrons. The van der Waals surface area contributed by atoms with Crippen LogP contribution in [0.1, 0.15) is 24.3 Å². The molecule has 1 fully saturated rings. The molecular weight excluding hydrogens is 298 g/mol. The summed E-state index contributed by atoms with van der Waals surface area (Å²) in [4.78, 5) is 16.5. The van der Waals surface area contributed by atoms with E-state index in [0.717, 1.165) is 0 Å². The molecule has 9 heteroatoms. The van der Waals surface area contributed by atoms with E-state index in [2.05, 4.69) is 15.5 Å². The summed E-state index contributed by atoms with van der Waals surface area (Å²) in [6.07, 6.45) is 1.24. The number of aryl methyl sites for hydroxylation is 2. The van der Waals surface area contributed by atoms with Gasteiger partial charge in [-0.15, -0.1) is 0 Å². The normalized spacial score (nSPS) is 20.4. The summed E-state index contributed by atoms with van der Waals surface area (Å²) in [6, 6.07) is 0. The number of carbonyl (C=O) groups excluding carboxylic acids is 1. The molecular formula is C12H19N3O5S. The van der Waals surface area contributed by atoms with Crippen LogP contribution < -0.4 is 5.48 Å². The van der Waals surface area contributed by atoms with Gasteiger partial charge in [-0.25, -0.2) is 13.9 Å². The SMILES string of the molecule is CONC(=O)C1CCCN(S(=O)(=O)c2c(C)noc2C)C1. The zero-order chi connectivity index (χ0) is 15.6. The minimum atomic E-state index is -3.71. The summed E-state index contributed by atoms with van der Waals surface area (Å²) in [5.74, 6) is -0.471. The van der Waals surface area contributed by atoms with Gasteiger partial charge in [0.1, 0.15) is 10.6 Å². The van der Waals surface area contributed by atoms with E-state index in [0.29, 0.717) is 25.1 Å². The maximum absolute atomic E-state index is 12.7. The van der Waals surface area contributed by atoms with E-state index in [9.17, 15) is 13.2 Å². The van der Waals surface area contributed by atoms with E-state index in [-0.39, 0.29) is 23.1 Å². The quantitative estimate of drug-likeness (QED) is 0.805. The highest BCUT2D eigenvalue weighted by atomic mass is 32.2. The lowest BCUT2D eigenvalue weighted by atomic mass is 9.99. The summed E-state index contributed by atoms with van der Waals surface area (Å²) in [5.41, 5.74) is 2.58. The van der Waals surface area contributed by atoms with Crippen LogP contribution in [0, 0.1) is 19.8 Å². The molecule has 1 N–H and O–H groups in total. The first-order valence-corrected chi connectivity index (χ1v) is 8.07. The summed E-state index contributed by atoms with van der Waals surface area (Å²) in [6.45, 7) is 3.65. The molecule has 0 spiro atoms.